The van der Waals surface area contributed by atoms with E-state index in [9.17, 15) is 14.5 Å². The predicted octanol–water partition coefficient (Wildman–Crippen LogP) is 5.03. The van der Waals surface area contributed by atoms with Crippen LogP contribution in [0.1, 0.15) is 5.56 Å². The molecule has 0 saturated carbocycles. The zero-order chi connectivity index (χ0) is 14.7. The van der Waals surface area contributed by atoms with Gasteiger partial charge in [0.15, 0.2) is 5.82 Å². The largest absolute Gasteiger partial charge is 0.447 e. The van der Waals surface area contributed by atoms with Gasteiger partial charge in [0.2, 0.25) is 5.75 Å². The van der Waals surface area contributed by atoms with E-state index in [1.807, 2.05) is 0 Å². The fraction of sp³-hybridized carbons (Fsp3) is 0.0769. The summed E-state index contributed by atoms with van der Waals surface area (Å²) in [5.41, 5.74) is 0.159. The van der Waals surface area contributed by atoms with Crippen molar-refractivity contribution in [3.8, 4) is 11.5 Å². The van der Waals surface area contributed by atoms with Gasteiger partial charge in [-0.05, 0) is 24.3 Å². The molecule has 0 amide bonds. The first kappa shape index (κ1) is 14.7. The van der Waals surface area contributed by atoms with Crippen LogP contribution >= 0.6 is 27.5 Å². The van der Waals surface area contributed by atoms with Crippen LogP contribution < -0.4 is 4.74 Å². The van der Waals surface area contributed by atoms with Crippen LogP contribution in [0.4, 0.5) is 10.1 Å². The van der Waals surface area contributed by atoms with Gasteiger partial charge < -0.3 is 4.74 Å². The maximum absolute atomic E-state index is 13.7. The highest BCUT2D eigenvalue weighted by Crippen LogP contribution is 2.36. The number of para-hydroxylation sites is 1. The standard InChI is InChI=1S/C13H8BrClFNO3/c14-9-4-5-12(8(6-9)7-15)20-13-10(16)2-1-3-11(13)17(18)19/h1-6H,7H2. The number of nitrogens with zero attached hydrogens (tertiary/aromatic N) is 1. The molecule has 0 saturated heterocycles. The number of hydrogen-bond acceptors (Lipinski definition) is 3. The first-order valence-corrected chi connectivity index (χ1v) is 6.81. The van der Waals surface area contributed by atoms with Gasteiger partial charge in [-0.2, -0.15) is 0 Å². The zero-order valence-electron chi connectivity index (χ0n) is 9.98. The average Bonchev–Trinajstić information content (AvgIpc) is 2.42. The van der Waals surface area contributed by atoms with E-state index in [1.54, 1.807) is 18.2 Å². The minimum Gasteiger partial charge on any atom is -0.447 e. The topological polar surface area (TPSA) is 52.4 Å². The van der Waals surface area contributed by atoms with E-state index in [-0.39, 0.29) is 11.6 Å². The number of nitro groups is 1. The summed E-state index contributed by atoms with van der Waals surface area (Å²) in [6.45, 7) is 0. The van der Waals surface area contributed by atoms with E-state index < -0.39 is 22.2 Å². The van der Waals surface area contributed by atoms with Crippen LogP contribution in [0.3, 0.4) is 0 Å². The van der Waals surface area contributed by atoms with E-state index in [0.717, 1.165) is 10.5 Å². The SMILES string of the molecule is O=[N+]([O-])c1cccc(F)c1Oc1ccc(Br)cc1CCl. The van der Waals surface area contributed by atoms with Gasteiger partial charge >= 0.3 is 5.69 Å². The van der Waals surface area contributed by atoms with Crippen LogP contribution in [-0.4, -0.2) is 4.92 Å². The summed E-state index contributed by atoms with van der Waals surface area (Å²) in [7, 11) is 0. The molecule has 0 spiro atoms. The molecule has 0 aliphatic heterocycles. The molecule has 0 radical (unpaired) electrons. The minimum atomic E-state index is -0.803. The van der Waals surface area contributed by atoms with Gasteiger partial charge in [0.25, 0.3) is 0 Å². The second-order valence-corrected chi connectivity index (χ2v) is 5.02. The highest BCUT2D eigenvalue weighted by molar-refractivity contribution is 9.10. The van der Waals surface area contributed by atoms with Crippen molar-refractivity contribution in [3.05, 3.63) is 62.4 Å². The Morgan fingerprint density at radius 2 is 2.10 bits per heavy atom. The normalized spacial score (nSPS) is 10.3. The van der Waals surface area contributed by atoms with Crippen LogP contribution in [0.5, 0.6) is 11.5 Å². The highest BCUT2D eigenvalue weighted by Gasteiger charge is 2.21. The maximum Gasteiger partial charge on any atom is 0.314 e. The minimum absolute atomic E-state index is 0.136. The van der Waals surface area contributed by atoms with Crippen molar-refractivity contribution in [1.82, 2.24) is 0 Å². The number of alkyl halides is 1. The highest BCUT2D eigenvalue weighted by atomic mass is 79.9. The fourth-order valence-electron chi connectivity index (χ4n) is 1.60. The van der Waals surface area contributed by atoms with Crippen LogP contribution in [0.2, 0.25) is 0 Å². The molecule has 104 valence electrons. The van der Waals surface area contributed by atoms with E-state index >= 15 is 0 Å². The average molecular weight is 361 g/mol. The third-order valence-corrected chi connectivity index (χ3v) is 3.30. The van der Waals surface area contributed by atoms with Gasteiger partial charge in [-0.25, -0.2) is 4.39 Å². The molecule has 0 heterocycles. The van der Waals surface area contributed by atoms with Gasteiger partial charge in [-0.3, -0.25) is 10.1 Å². The lowest BCUT2D eigenvalue weighted by Crippen LogP contribution is -1.97. The Kier molecular flexibility index (Phi) is 4.57. The number of halogens is 3. The smallest absolute Gasteiger partial charge is 0.314 e. The van der Waals surface area contributed by atoms with E-state index in [4.69, 9.17) is 16.3 Å². The summed E-state index contributed by atoms with van der Waals surface area (Å²) in [5.74, 6) is -0.818. The van der Waals surface area contributed by atoms with E-state index in [0.29, 0.717) is 5.56 Å². The van der Waals surface area contributed by atoms with Crippen molar-refractivity contribution in [3.63, 3.8) is 0 Å². The van der Waals surface area contributed by atoms with Crippen LogP contribution in [0.25, 0.3) is 0 Å². The molecule has 0 unspecified atom stereocenters. The molecule has 0 N–H and O–H groups in total. The summed E-state index contributed by atoms with van der Waals surface area (Å²) < 4.78 is 19.9. The third-order valence-electron chi connectivity index (χ3n) is 2.52. The first-order chi connectivity index (χ1) is 9.52. The molecule has 2 aromatic rings. The molecule has 0 bridgehead atoms. The van der Waals surface area contributed by atoms with Gasteiger partial charge in [-0.1, -0.05) is 22.0 Å². The molecule has 0 atom stereocenters. The lowest BCUT2D eigenvalue weighted by atomic mass is 10.2. The number of hydrogen-bond donors (Lipinski definition) is 0. The van der Waals surface area contributed by atoms with Gasteiger partial charge in [0.05, 0.1) is 10.8 Å². The molecule has 20 heavy (non-hydrogen) atoms. The Bertz CT molecular complexity index is 666. The van der Waals surface area contributed by atoms with Gasteiger partial charge in [0.1, 0.15) is 5.75 Å². The Morgan fingerprint density at radius 1 is 1.35 bits per heavy atom. The Hall–Kier alpha value is -1.66. The quantitative estimate of drug-likeness (QED) is 0.436. The molecule has 4 nitrogen and oxygen atoms in total. The molecule has 2 aromatic carbocycles. The Labute approximate surface area is 127 Å². The molecule has 0 fully saturated rings. The number of ether oxygens (including phenoxy) is 1. The number of benzene rings is 2. The lowest BCUT2D eigenvalue weighted by Gasteiger charge is -2.10. The van der Waals surface area contributed by atoms with Crippen molar-refractivity contribution in [2.75, 3.05) is 0 Å². The number of nitro benzene ring substituents is 1. The van der Waals surface area contributed by atoms with E-state index in [2.05, 4.69) is 15.9 Å². The van der Waals surface area contributed by atoms with Crippen molar-refractivity contribution >= 4 is 33.2 Å². The first-order valence-electron chi connectivity index (χ1n) is 5.48. The van der Waals surface area contributed by atoms with Gasteiger partial charge in [0, 0.05) is 16.1 Å². The van der Waals surface area contributed by atoms with Gasteiger partial charge in [-0.15, -0.1) is 11.6 Å². The monoisotopic (exact) mass is 359 g/mol. The second-order valence-electron chi connectivity index (χ2n) is 3.83. The summed E-state index contributed by atoms with van der Waals surface area (Å²) >= 11 is 9.06. The van der Waals surface area contributed by atoms with Crippen LogP contribution in [0, 0.1) is 15.9 Å². The van der Waals surface area contributed by atoms with Crippen LogP contribution in [0.15, 0.2) is 40.9 Å². The Morgan fingerprint density at radius 3 is 2.75 bits per heavy atom. The predicted molar refractivity (Wildman–Crippen MR) is 76.8 cm³/mol. The number of rotatable bonds is 4. The molecule has 0 aliphatic carbocycles. The van der Waals surface area contributed by atoms with Crippen molar-refractivity contribution in [2.24, 2.45) is 0 Å². The van der Waals surface area contributed by atoms with E-state index in [1.165, 1.54) is 12.1 Å². The zero-order valence-corrected chi connectivity index (χ0v) is 12.3. The fourth-order valence-corrected chi connectivity index (χ4v) is 2.22. The molecular formula is C13H8BrClFNO3. The lowest BCUT2D eigenvalue weighted by molar-refractivity contribution is -0.385. The molecule has 2 rings (SSSR count). The molecule has 7 heteroatoms. The summed E-state index contributed by atoms with van der Waals surface area (Å²) in [6, 6.07) is 8.48. The summed E-state index contributed by atoms with van der Waals surface area (Å²) in [4.78, 5) is 10.2. The maximum atomic E-state index is 13.7. The van der Waals surface area contributed by atoms with Crippen molar-refractivity contribution in [1.29, 1.82) is 0 Å². The second kappa shape index (κ2) is 6.19. The van der Waals surface area contributed by atoms with Crippen molar-refractivity contribution in [2.45, 2.75) is 5.88 Å². The Balaban J connectivity index is 2.47. The van der Waals surface area contributed by atoms with Crippen molar-refractivity contribution < 1.29 is 14.1 Å². The molecular weight excluding hydrogens is 353 g/mol. The summed E-state index contributed by atoms with van der Waals surface area (Å²) in [5, 5.41) is 10.9. The van der Waals surface area contributed by atoms with Crippen LogP contribution in [-0.2, 0) is 5.88 Å². The molecule has 0 aliphatic rings. The summed E-state index contributed by atoms with van der Waals surface area (Å²) in [6.07, 6.45) is 0. The molecule has 0 aromatic heterocycles. The third kappa shape index (κ3) is 3.08.